The lowest BCUT2D eigenvalue weighted by molar-refractivity contribution is -0.116. The molecule has 0 saturated carbocycles. The van der Waals surface area contributed by atoms with Crippen molar-refractivity contribution in [1.82, 2.24) is 5.32 Å². The maximum absolute atomic E-state index is 13.1. The van der Waals surface area contributed by atoms with Gasteiger partial charge in [0.2, 0.25) is 5.91 Å². The number of benzene rings is 2. The maximum Gasteiger partial charge on any atom is 0.253 e. The molecule has 0 spiro atoms. The van der Waals surface area contributed by atoms with E-state index >= 15 is 0 Å². The molecule has 3 rings (SSSR count). The van der Waals surface area contributed by atoms with Gasteiger partial charge in [0.15, 0.2) is 0 Å². The van der Waals surface area contributed by atoms with E-state index in [0.717, 1.165) is 38.0 Å². The molecule has 2 amide bonds. The highest BCUT2D eigenvalue weighted by Crippen LogP contribution is 2.29. The van der Waals surface area contributed by atoms with Gasteiger partial charge in [-0.1, -0.05) is 70.7 Å². The zero-order chi connectivity index (χ0) is 23.6. The Morgan fingerprint density at radius 3 is 2.52 bits per heavy atom. The number of carbonyl (C=O) groups is 2. The lowest BCUT2D eigenvalue weighted by Gasteiger charge is -2.32. The van der Waals surface area contributed by atoms with E-state index in [0.29, 0.717) is 30.1 Å². The van der Waals surface area contributed by atoms with E-state index in [1.54, 1.807) is 0 Å². The van der Waals surface area contributed by atoms with Crippen LogP contribution < -0.4 is 15.5 Å². The van der Waals surface area contributed by atoms with Crippen LogP contribution in [0.4, 0.5) is 11.4 Å². The molecule has 0 atom stereocenters. The highest BCUT2D eigenvalue weighted by molar-refractivity contribution is 6.02. The van der Waals surface area contributed by atoms with Gasteiger partial charge in [-0.05, 0) is 48.1 Å². The second-order valence-electron chi connectivity index (χ2n) is 9.49. The largest absolute Gasteiger partial charge is 0.366 e. The van der Waals surface area contributed by atoms with Gasteiger partial charge >= 0.3 is 0 Å². The number of rotatable bonds is 11. The monoisotopic (exact) mass is 449 g/mol. The molecule has 2 N–H and O–H groups in total. The first-order chi connectivity index (χ1) is 16.0. The first-order valence-corrected chi connectivity index (χ1v) is 12.5. The van der Waals surface area contributed by atoms with Crippen LogP contribution in [-0.4, -0.2) is 24.9 Å². The Balaban J connectivity index is 1.74. The number of carbonyl (C=O) groups excluding carboxylic acids is 2. The molecular weight excluding hydrogens is 410 g/mol. The van der Waals surface area contributed by atoms with Gasteiger partial charge in [-0.3, -0.25) is 9.59 Å². The van der Waals surface area contributed by atoms with Crippen LogP contribution in [0, 0.1) is 5.92 Å². The molecule has 0 fully saturated rings. The van der Waals surface area contributed by atoms with Crippen LogP contribution in [0.2, 0.25) is 0 Å². The summed E-state index contributed by atoms with van der Waals surface area (Å²) < 4.78 is 0. The second-order valence-corrected chi connectivity index (χ2v) is 9.49. The summed E-state index contributed by atoms with van der Waals surface area (Å²) in [4.78, 5) is 27.8. The molecule has 1 aliphatic rings. The number of unbranched alkanes of at least 4 members (excludes halogenated alkanes) is 4. The van der Waals surface area contributed by atoms with Gasteiger partial charge in [0.25, 0.3) is 5.91 Å². The molecular formula is C28H39N3O2. The molecule has 33 heavy (non-hydrogen) atoms. The number of hydrogen-bond acceptors (Lipinski definition) is 3. The number of anilines is 2. The standard InChI is InChI=1S/C28H39N3O2/c1-4-5-6-7-8-13-27(32)30-24-14-15-26(25(18-24)28(33)29-19-21(2)3)31-17-16-22-11-9-10-12-23(22)20-31/h9-12,14-15,18,21H,4-8,13,16-17,19-20H2,1-3H3,(H,29,33)(H,30,32). The van der Waals surface area contributed by atoms with E-state index in [1.807, 2.05) is 18.2 Å². The Morgan fingerprint density at radius 2 is 1.76 bits per heavy atom. The van der Waals surface area contributed by atoms with Crippen molar-refractivity contribution in [3.05, 3.63) is 59.2 Å². The summed E-state index contributed by atoms with van der Waals surface area (Å²) in [5.74, 6) is 0.294. The maximum atomic E-state index is 13.1. The summed E-state index contributed by atoms with van der Waals surface area (Å²) in [5, 5.41) is 6.05. The van der Waals surface area contributed by atoms with Gasteiger partial charge in [0.1, 0.15) is 0 Å². The molecule has 1 heterocycles. The SMILES string of the molecule is CCCCCCCC(=O)Nc1ccc(N2CCc3ccccc3C2)c(C(=O)NCC(C)C)c1. The quantitative estimate of drug-likeness (QED) is 0.418. The molecule has 5 heteroatoms. The van der Waals surface area contributed by atoms with Crippen LogP contribution in [0.5, 0.6) is 0 Å². The highest BCUT2D eigenvalue weighted by atomic mass is 16.2. The summed E-state index contributed by atoms with van der Waals surface area (Å²) in [6.07, 6.45) is 7.06. The van der Waals surface area contributed by atoms with Crippen molar-refractivity contribution < 1.29 is 9.59 Å². The number of fused-ring (bicyclic) bond motifs is 1. The molecule has 178 valence electrons. The molecule has 0 unspecified atom stereocenters. The molecule has 0 radical (unpaired) electrons. The normalized spacial score (nSPS) is 13.0. The number of nitrogens with zero attached hydrogens (tertiary/aromatic N) is 1. The molecule has 1 aliphatic heterocycles. The molecule has 0 aliphatic carbocycles. The average molecular weight is 450 g/mol. The van der Waals surface area contributed by atoms with Gasteiger partial charge < -0.3 is 15.5 Å². The molecule has 5 nitrogen and oxygen atoms in total. The molecule has 2 aromatic carbocycles. The average Bonchev–Trinajstić information content (AvgIpc) is 2.82. The Morgan fingerprint density at radius 1 is 1.00 bits per heavy atom. The van der Waals surface area contributed by atoms with Crippen molar-refractivity contribution in [2.45, 2.75) is 72.3 Å². The smallest absolute Gasteiger partial charge is 0.253 e. The van der Waals surface area contributed by atoms with Crippen molar-refractivity contribution in [3.63, 3.8) is 0 Å². The van der Waals surface area contributed by atoms with Gasteiger partial charge in [0.05, 0.1) is 5.56 Å². The Hall–Kier alpha value is -2.82. The van der Waals surface area contributed by atoms with E-state index in [1.165, 1.54) is 30.4 Å². The summed E-state index contributed by atoms with van der Waals surface area (Å²) in [6.45, 7) is 8.62. The first-order valence-electron chi connectivity index (χ1n) is 12.5. The summed E-state index contributed by atoms with van der Waals surface area (Å²) in [6, 6.07) is 14.2. The number of amides is 2. The predicted molar refractivity (Wildman–Crippen MR) is 137 cm³/mol. The van der Waals surface area contributed by atoms with E-state index in [2.05, 4.69) is 60.6 Å². The van der Waals surface area contributed by atoms with Crippen LogP contribution in [0.1, 0.15) is 80.8 Å². The van der Waals surface area contributed by atoms with Crippen LogP contribution in [0.15, 0.2) is 42.5 Å². The first kappa shape index (κ1) is 24.8. The van der Waals surface area contributed by atoms with Crippen LogP contribution in [0.3, 0.4) is 0 Å². The van der Waals surface area contributed by atoms with Crippen molar-refractivity contribution in [3.8, 4) is 0 Å². The van der Waals surface area contributed by atoms with E-state index in [4.69, 9.17) is 0 Å². The predicted octanol–water partition coefficient (Wildman–Crippen LogP) is 5.93. The van der Waals surface area contributed by atoms with Crippen molar-refractivity contribution in [1.29, 1.82) is 0 Å². The van der Waals surface area contributed by atoms with Crippen LogP contribution in [-0.2, 0) is 17.8 Å². The Bertz CT molecular complexity index is 938. The molecule has 0 aromatic heterocycles. The van der Waals surface area contributed by atoms with Crippen molar-refractivity contribution in [2.75, 3.05) is 23.3 Å². The fraction of sp³-hybridized carbons (Fsp3) is 0.500. The molecule has 0 saturated heterocycles. The fourth-order valence-electron chi connectivity index (χ4n) is 4.28. The van der Waals surface area contributed by atoms with E-state index < -0.39 is 0 Å². The van der Waals surface area contributed by atoms with Crippen molar-refractivity contribution >= 4 is 23.2 Å². The Labute approximate surface area is 199 Å². The highest BCUT2D eigenvalue weighted by Gasteiger charge is 2.22. The fourth-order valence-corrected chi connectivity index (χ4v) is 4.28. The third kappa shape index (κ3) is 7.34. The third-order valence-corrected chi connectivity index (χ3v) is 6.17. The minimum Gasteiger partial charge on any atom is -0.366 e. The number of hydrogen-bond donors (Lipinski definition) is 2. The van der Waals surface area contributed by atoms with Gasteiger partial charge in [-0.2, -0.15) is 0 Å². The topological polar surface area (TPSA) is 61.4 Å². The second kappa shape index (κ2) is 12.4. The lowest BCUT2D eigenvalue weighted by Crippen LogP contribution is -2.34. The zero-order valence-electron chi connectivity index (χ0n) is 20.5. The molecule has 0 bridgehead atoms. The lowest BCUT2D eigenvalue weighted by atomic mass is 9.98. The van der Waals surface area contributed by atoms with Crippen LogP contribution in [0.25, 0.3) is 0 Å². The summed E-state index contributed by atoms with van der Waals surface area (Å²) in [7, 11) is 0. The third-order valence-electron chi connectivity index (χ3n) is 6.17. The van der Waals surface area contributed by atoms with E-state index in [-0.39, 0.29) is 11.8 Å². The van der Waals surface area contributed by atoms with Gasteiger partial charge in [0, 0.05) is 37.4 Å². The minimum absolute atomic E-state index is 0.0136. The summed E-state index contributed by atoms with van der Waals surface area (Å²) >= 11 is 0. The molecule has 2 aromatic rings. The summed E-state index contributed by atoms with van der Waals surface area (Å²) in [5.41, 5.74) is 4.91. The van der Waals surface area contributed by atoms with Gasteiger partial charge in [-0.15, -0.1) is 0 Å². The van der Waals surface area contributed by atoms with Crippen LogP contribution >= 0.6 is 0 Å². The number of nitrogens with one attached hydrogen (secondary N) is 2. The van der Waals surface area contributed by atoms with Gasteiger partial charge in [-0.25, -0.2) is 0 Å². The van der Waals surface area contributed by atoms with Crippen molar-refractivity contribution in [2.24, 2.45) is 5.92 Å². The zero-order valence-corrected chi connectivity index (χ0v) is 20.5. The Kier molecular flexibility index (Phi) is 9.35. The van der Waals surface area contributed by atoms with E-state index in [9.17, 15) is 9.59 Å². The minimum atomic E-state index is -0.0896.